The molecule has 3 nitrogen and oxygen atoms in total. The summed E-state index contributed by atoms with van der Waals surface area (Å²) in [5.41, 5.74) is 0. The van der Waals surface area contributed by atoms with Crippen molar-refractivity contribution in [3.05, 3.63) is 0 Å². The molecule has 3 fully saturated rings. The third kappa shape index (κ3) is 3.75. The topological polar surface area (TPSA) is 32.3 Å². The quantitative estimate of drug-likeness (QED) is 0.837. The predicted molar refractivity (Wildman–Crippen MR) is 81.6 cm³/mol. The van der Waals surface area contributed by atoms with Crippen LogP contribution >= 0.6 is 0 Å². The van der Waals surface area contributed by atoms with Gasteiger partial charge in [-0.2, -0.15) is 0 Å². The molecule has 1 N–H and O–H groups in total. The van der Waals surface area contributed by atoms with Gasteiger partial charge in [-0.15, -0.1) is 0 Å². The van der Waals surface area contributed by atoms with Crippen molar-refractivity contribution in [1.82, 2.24) is 10.2 Å². The van der Waals surface area contributed by atoms with Crippen LogP contribution in [-0.2, 0) is 4.79 Å². The van der Waals surface area contributed by atoms with Gasteiger partial charge in [0.05, 0.1) is 6.54 Å². The lowest BCUT2D eigenvalue weighted by molar-refractivity contribution is -0.137. The van der Waals surface area contributed by atoms with Crippen molar-refractivity contribution in [2.75, 3.05) is 6.54 Å². The molecule has 3 aliphatic rings. The van der Waals surface area contributed by atoms with Gasteiger partial charge in [0.2, 0.25) is 5.91 Å². The smallest absolute Gasteiger partial charge is 0.237 e. The molecular weight excluding hydrogens is 248 g/mol. The summed E-state index contributed by atoms with van der Waals surface area (Å²) in [6.07, 6.45) is 15.5. The molecule has 0 heterocycles. The van der Waals surface area contributed by atoms with Crippen LogP contribution in [-0.4, -0.2) is 35.5 Å². The number of nitrogens with zero attached hydrogens (tertiary/aromatic N) is 1. The molecule has 3 saturated carbocycles. The van der Waals surface area contributed by atoms with Crippen molar-refractivity contribution in [3.63, 3.8) is 0 Å². The molecule has 0 aromatic rings. The van der Waals surface area contributed by atoms with Crippen molar-refractivity contribution in [2.45, 2.75) is 95.2 Å². The minimum atomic E-state index is 0.385. The molecular formula is C17H30N2O. The zero-order chi connectivity index (χ0) is 13.8. The Morgan fingerprint density at radius 2 is 1.30 bits per heavy atom. The molecule has 3 aliphatic carbocycles. The van der Waals surface area contributed by atoms with Crippen molar-refractivity contribution in [3.8, 4) is 0 Å². The molecule has 0 aromatic heterocycles. The van der Waals surface area contributed by atoms with Gasteiger partial charge in [0.15, 0.2) is 0 Å². The van der Waals surface area contributed by atoms with Gasteiger partial charge >= 0.3 is 0 Å². The van der Waals surface area contributed by atoms with Gasteiger partial charge in [0, 0.05) is 18.1 Å². The van der Waals surface area contributed by atoms with Gasteiger partial charge in [-0.05, 0) is 38.5 Å². The normalized spacial score (nSPS) is 25.6. The van der Waals surface area contributed by atoms with Crippen molar-refractivity contribution < 1.29 is 4.79 Å². The lowest BCUT2D eigenvalue weighted by atomic mass is 9.88. The molecule has 3 heteroatoms. The van der Waals surface area contributed by atoms with Gasteiger partial charge in [-0.1, -0.05) is 38.5 Å². The highest BCUT2D eigenvalue weighted by atomic mass is 16.2. The van der Waals surface area contributed by atoms with Gasteiger partial charge in [-0.25, -0.2) is 0 Å². The summed E-state index contributed by atoms with van der Waals surface area (Å²) in [4.78, 5) is 15.1. The second kappa shape index (κ2) is 6.93. The Morgan fingerprint density at radius 1 is 0.800 bits per heavy atom. The Labute approximate surface area is 123 Å². The van der Waals surface area contributed by atoms with Crippen molar-refractivity contribution in [2.24, 2.45) is 0 Å². The molecule has 1 amide bonds. The highest BCUT2D eigenvalue weighted by molar-refractivity contribution is 5.79. The molecule has 20 heavy (non-hydrogen) atoms. The Hall–Kier alpha value is -0.570. The number of amides is 1. The average molecular weight is 278 g/mol. The number of carbonyl (C=O) groups is 1. The molecule has 0 spiro atoms. The van der Waals surface area contributed by atoms with E-state index in [1.54, 1.807) is 0 Å². The lowest BCUT2D eigenvalue weighted by Gasteiger charge is -2.42. The summed E-state index contributed by atoms with van der Waals surface area (Å²) in [6.45, 7) is 0.581. The van der Waals surface area contributed by atoms with E-state index in [4.69, 9.17) is 0 Å². The molecule has 0 unspecified atom stereocenters. The van der Waals surface area contributed by atoms with E-state index >= 15 is 0 Å². The Bertz CT molecular complexity index is 297. The summed E-state index contributed by atoms with van der Waals surface area (Å²) in [7, 11) is 0. The second-order valence-electron chi connectivity index (χ2n) is 7.04. The van der Waals surface area contributed by atoms with Crippen LogP contribution < -0.4 is 5.32 Å². The van der Waals surface area contributed by atoms with E-state index in [0.717, 1.165) is 0 Å². The van der Waals surface area contributed by atoms with Crippen LogP contribution in [0.1, 0.15) is 77.0 Å². The van der Waals surface area contributed by atoms with E-state index in [1.807, 2.05) is 0 Å². The van der Waals surface area contributed by atoms with E-state index in [-0.39, 0.29) is 0 Å². The molecule has 0 radical (unpaired) electrons. The fraction of sp³-hybridized carbons (Fsp3) is 0.941. The number of carbonyl (C=O) groups excluding carboxylic acids is 1. The minimum absolute atomic E-state index is 0.385. The zero-order valence-corrected chi connectivity index (χ0v) is 12.8. The Kier molecular flexibility index (Phi) is 4.98. The number of hydrogen-bond acceptors (Lipinski definition) is 2. The SMILES string of the molecule is O=C(CNC1CC1)N(C1CCCCC1)C1CCCCC1. The number of hydrogen-bond donors (Lipinski definition) is 1. The fourth-order valence-electron chi connectivity index (χ4n) is 4.03. The fourth-order valence-corrected chi connectivity index (χ4v) is 4.03. The van der Waals surface area contributed by atoms with Crippen LogP contribution in [0, 0.1) is 0 Å². The first-order chi connectivity index (χ1) is 9.84. The molecule has 0 aliphatic heterocycles. The maximum Gasteiger partial charge on any atom is 0.237 e. The van der Waals surface area contributed by atoms with Crippen LogP contribution in [0.3, 0.4) is 0 Å². The zero-order valence-electron chi connectivity index (χ0n) is 12.8. The first-order valence-corrected chi connectivity index (χ1v) is 8.89. The van der Waals surface area contributed by atoms with Crippen LogP contribution in [0.5, 0.6) is 0 Å². The van der Waals surface area contributed by atoms with Crippen LogP contribution in [0.4, 0.5) is 0 Å². The standard InChI is InChI=1S/C17H30N2O/c20-17(13-18-14-11-12-14)19(15-7-3-1-4-8-15)16-9-5-2-6-10-16/h14-16,18H,1-13H2. The average Bonchev–Trinajstić information content (AvgIpc) is 3.32. The van der Waals surface area contributed by atoms with E-state index in [0.29, 0.717) is 30.6 Å². The van der Waals surface area contributed by atoms with Crippen LogP contribution in [0.2, 0.25) is 0 Å². The maximum absolute atomic E-state index is 12.7. The van der Waals surface area contributed by atoms with Gasteiger partial charge in [-0.3, -0.25) is 4.79 Å². The summed E-state index contributed by atoms with van der Waals surface area (Å²) in [6, 6.07) is 1.72. The Morgan fingerprint density at radius 3 is 1.75 bits per heavy atom. The molecule has 3 rings (SSSR count). The summed E-state index contributed by atoms with van der Waals surface area (Å²) in [5.74, 6) is 0.385. The first-order valence-electron chi connectivity index (χ1n) is 8.89. The molecule has 0 aromatic carbocycles. The third-order valence-corrected chi connectivity index (χ3v) is 5.34. The predicted octanol–water partition coefficient (Wildman–Crippen LogP) is 3.23. The number of rotatable bonds is 5. The van der Waals surface area contributed by atoms with Crippen molar-refractivity contribution >= 4 is 5.91 Å². The van der Waals surface area contributed by atoms with Gasteiger partial charge in [0.25, 0.3) is 0 Å². The third-order valence-electron chi connectivity index (χ3n) is 5.34. The highest BCUT2D eigenvalue weighted by Gasteiger charge is 2.33. The molecule has 0 saturated heterocycles. The molecule has 114 valence electrons. The second-order valence-corrected chi connectivity index (χ2v) is 7.04. The van der Waals surface area contributed by atoms with Crippen LogP contribution in [0.15, 0.2) is 0 Å². The molecule has 0 atom stereocenters. The van der Waals surface area contributed by atoms with E-state index in [2.05, 4.69) is 10.2 Å². The number of nitrogens with one attached hydrogen (secondary N) is 1. The van der Waals surface area contributed by atoms with E-state index in [9.17, 15) is 4.79 Å². The maximum atomic E-state index is 12.7. The van der Waals surface area contributed by atoms with Crippen LogP contribution in [0.25, 0.3) is 0 Å². The summed E-state index contributed by atoms with van der Waals surface area (Å²) >= 11 is 0. The highest BCUT2D eigenvalue weighted by Crippen LogP contribution is 2.30. The van der Waals surface area contributed by atoms with Gasteiger partial charge < -0.3 is 10.2 Å². The van der Waals surface area contributed by atoms with E-state index in [1.165, 1.54) is 77.0 Å². The first kappa shape index (κ1) is 14.4. The largest absolute Gasteiger partial charge is 0.336 e. The Balaban J connectivity index is 1.61. The minimum Gasteiger partial charge on any atom is -0.336 e. The summed E-state index contributed by atoms with van der Waals surface area (Å²) < 4.78 is 0. The molecule has 0 bridgehead atoms. The van der Waals surface area contributed by atoms with Crippen molar-refractivity contribution in [1.29, 1.82) is 0 Å². The van der Waals surface area contributed by atoms with E-state index < -0.39 is 0 Å². The van der Waals surface area contributed by atoms with Gasteiger partial charge in [0.1, 0.15) is 0 Å². The monoisotopic (exact) mass is 278 g/mol. The summed E-state index contributed by atoms with van der Waals surface area (Å²) in [5, 5.41) is 3.42. The lowest BCUT2D eigenvalue weighted by Crippen LogP contribution is -2.51.